The van der Waals surface area contributed by atoms with Crippen LogP contribution in [-0.4, -0.2) is 25.1 Å². The van der Waals surface area contributed by atoms with E-state index < -0.39 is 0 Å². The number of pyridine rings is 1. The summed E-state index contributed by atoms with van der Waals surface area (Å²) in [6.07, 6.45) is 3.84. The molecule has 0 saturated heterocycles. The fraction of sp³-hybridized carbons (Fsp3) is 0.0741. The SMILES string of the molecule is c1cc2cc(c1)-c1cccc3[nH]c(nc13)-c1n[nH]c3ccc(cc13)-c1cncc(c1)CNC2. The molecular formula is C27H20N6. The summed E-state index contributed by atoms with van der Waals surface area (Å²) in [6, 6.07) is 23.4. The summed E-state index contributed by atoms with van der Waals surface area (Å²) in [5.74, 6) is 0.759. The van der Waals surface area contributed by atoms with Crippen molar-refractivity contribution in [3.8, 4) is 33.8 Å². The van der Waals surface area contributed by atoms with Gasteiger partial charge >= 0.3 is 0 Å². The van der Waals surface area contributed by atoms with Crippen LogP contribution >= 0.6 is 0 Å². The third-order valence-electron chi connectivity index (χ3n) is 6.32. The van der Waals surface area contributed by atoms with Crippen LogP contribution in [0.25, 0.3) is 55.7 Å². The van der Waals surface area contributed by atoms with E-state index in [9.17, 15) is 0 Å². The summed E-state index contributed by atoms with van der Waals surface area (Å²) in [7, 11) is 0. The van der Waals surface area contributed by atoms with E-state index in [-0.39, 0.29) is 0 Å². The molecule has 1 aliphatic rings. The van der Waals surface area contributed by atoms with Gasteiger partial charge in [-0.3, -0.25) is 10.1 Å². The van der Waals surface area contributed by atoms with Crippen LogP contribution in [0.15, 0.2) is 79.1 Å². The van der Waals surface area contributed by atoms with E-state index in [1.807, 2.05) is 12.4 Å². The highest BCUT2D eigenvalue weighted by molar-refractivity contribution is 5.98. The van der Waals surface area contributed by atoms with Crippen LogP contribution in [0.1, 0.15) is 11.1 Å². The van der Waals surface area contributed by atoms with Crippen molar-refractivity contribution in [2.75, 3.05) is 0 Å². The van der Waals surface area contributed by atoms with Crippen LogP contribution in [0.4, 0.5) is 0 Å². The van der Waals surface area contributed by atoms with E-state index in [0.717, 1.165) is 74.4 Å². The van der Waals surface area contributed by atoms with Crippen LogP contribution in [-0.2, 0) is 13.1 Å². The topological polar surface area (TPSA) is 82.3 Å². The molecule has 3 aromatic heterocycles. The zero-order valence-corrected chi connectivity index (χ0v) is 17.8. The van der Waals surface area contributed by atoms with E-state index >= 15 is 0 Å². The maximum Gasteiger partial charge on any atom is 0.159 e. The molecule has 1 aliphatic heterocycles. The number of imidazole rings is 1. The minimum absolute atomic E-state index is 0.752. The molecule has 0 fully saturated rings. The first kappa shape index (κ1) is 18.3. The molecule has 0 spiro atoms. The largest absolute Gasteiger partial charge is 0.337 e. The maximum atomic E-state index is 5.00. The summed E-state index contributed by atoms with van der Waals surface area (Å²) < 4.78 is 0. The minimum atomic E-state index is 0.752. The van der Waals surface area contributed by atoms with Gasteiger partial charge in [-0.05, 0) is 52.6 Å². The highest BCUT2D eigenvalue weighted by Gasteiger charge is 2.16. The minimum Gasteiger partial charge on any atom is -0.337 e. The number of H-pyrrole nitrogens is 2. The number of para-hydroxylation sites is 1. The smallest absolute Gasteiger partial charge is 0.159 e. The molecule has 3 N–H and O–H groups in total. The Morgan fingerprint density at radius 2 is 1.64 bits per heavy atom. The van der Waals surface area contributed by atoms with Gasteiger partial charge in [-0.1, -0.05) is 36.4 Å². The summed E-state index contributed by atoms with van der Waals surface area (Å²) in [6.45, 7) is 1.53. The van der Waals surface area contributed by atoms with Gasteiger partial charge in [0.05, 0.1) is 16.6 Å². The Hall–Kier alpha value is -4.29. The van der Waals surface area contributed by atoms with Gasteiger partial charge in [0.15, 0.2) is 5.82 Å². The van der Waals surface area contributed by atoms with E-state index in [4.69, 9.17) is 4.98 Å². The van der Waals surface area contributed by atoms with Crippen LogP contribution in [0.2, 0.25) is 0 Å². The first-order valence-electron chi connectivity index (χ1n) is 11.0. The molecule has 6 nitrogen and oxygen atoms in total. The van der Waals surface area contributed by atoms with Crippen molar-refractivity contribution < 1.29 is 0 Å². The van der Waals surface area contributed by atoms with Crippen LogP contribution in [0.3, 0.4) is 0 Å². The fourth-order valence-corrected chi connectivity index (χ4v) is 4.69. The Morgan fingerprint density at radius 3 is 2.64 bits per heavy atom. The van der Waals surface area contributed by atoms with Crippen LogP contribution in [0.5, 0.6) is 0 Å². The van der Waals surface area contributed by atoms with E-state index in [1.54, 1.807) is 0 Å². The monoisotopic (exact) mass is 428 g/mol. The first-order chi connectivity index (χ1) is 16.3. The van der Waals surface area contributed by atoms with Crippen molar-refractivity contribution in [1.82, 2.24) is 30.5 Å². The number of aromatic nitrogens is 5. The van der Waals surface area contributed by atoms with Gasteiger partial charge in [-0.25, -0.2) is 4.98 Å². The molecule has 6 heteroatoms. The van der Waals surface area contributed by atoms with Gasteiger partial charge in [0, 0.05) is 42.0 Å². The van der Waals surface area contributed by atoms with Crippen LogP contribution in [0, 0.1) is 0 Å². The number of hydrogen-bond acceptors (Lipinski definition) is 4. The highest BCUT2D eigenvalue weighted by atomic mass is 15.1. The van der Waals surface area contributed by atoms with Crippen molar-refractivity contribution >= 4 is 21.9 Å². The molecule has 0 aliphatic carbocycles. The van der Waals surface area contributed by atoms with Crippen LogP contribution < -0.4 is 5.32 Å². The van der Waals surface area contributed by atoms with Gasteiger partial charge in [-0.2, -0.15) is 5.10 Å². The van der Waals surface area contributed by atoms with Crippen molar-refractivity contribution in [1.29, 1.82) is 0 Å². The average molecular weight is 428 g/mol. The Kier molecular flexibility index (Phi) is 3.95. The van der Waals surface area contributed by atoms with Crippen molar-refractivity contribution in [2.24, 2.45) is 0 Å². The Morgan fingerprint density at radius 1 is 0.727 bits per heavy atom. The molecule has 0 saturated carbocycles. The second-order valence-electron chi connectivity index (χ2n) is 8.51. The second-order valence-corrected chi connectivity index (χ2v) is 8.51. The van der Waals surface area contributed by atoms with Gasteiger partial charge in [0.25, 0.3) is 0 Å². The molecule has 7 rings (SSSR count). The Balaban J connectivity index is 1.51. The average Bonchev–Trinajstić information content (AvgIpc) is 3.47. The normalized spacial score (nSPS) is 13.1. The summed E-state index contributed by atoms with van der Waals surface area (Å²) in [4.78, 5) is 13.0. The first-order valence-corrected chi connectivity index (χ1v) is 11.0. The lowest BCUT2D eigenvalue weighted by Gasteiger charge is -2.09. The Labute approximate surface area is 189 Å². The third-order valence-corrected chi connectivity index (χ3v) is 6.32. The molecule has 0 unspecified atom stereocenters. The zero-order chi connectivity index (χ0) is 21.8. The number of nitrogens with one attached hydrogen (secondary N) is 3. The quantitative estimate of drug-likeness (QED) is 0.301. The maximum absolute atomic E-state index is 5.00. The summed E-state index contributed by atoms with van der Waals surface area (Å²) in [5, 5.41) is 12.4. The molecule has 3 aromatic carbocycles. The van der Waals surface area contributed by atoms with Crippen molar-refractivity contribution in [3.05, 3.63) is 90.3 Å². The molecule has 158 valence electrons. The molecule has 33 heavy (non-hydrogen) atoms. The van der Waals surface area contributed by atoms with E-state index in [2.05, 4.69) is 92.2 Å². The Bertz CT molecular complexity index is 1660. The number of aromatic amines is 2. The molecule has 0 radical (unpaired) electrons. The van der Waals surface area contributed by atoms with Crippen molar-refractivity contribution in [2.45, 2.75) is 13.1 Å². The predicted molar refractivity (Wildman–Crippen MR) is 130 cm³/mol. The number of rotatable bonds is 0. The van der Waals surface area contributed by atoms with Crippen molar-refractivity contribution in [3.63, 3.8) is 0 Å². The lowest BCUT2D eigenvalue weighted by atomic mass is 10.0. The lowest BCUT2D eigenvalue weighted by Crippen LogP contribution is -2.12. The van der Waals surface area contributed by atoms with E-state index in [1.165, 1.54) is 5.56 Å². The fourth-order valence-electron chi connectivity index (χ4n) is 4.69. The highest BCUT2D eigenvalue weighted by Crippen LogP contribution is 2.33. The molecular weight excluding hydrogens is 408 g/mol. The van der Waals surface area contributed by atoms with Gasteiger partial charge in [0.2, 0.25) is 0 Å². The van der Waals surface area contributed by atoms with E-state index in [0.29, 0.717) is 0 Å². The summed E-state index contributed by atoms with van der Waals surface area (Å²) >= 11 is 0. The molecule has 8 bridgehead atoms. The predicted octanol–water partition coefficient (Wildman–Crippen LogP) is 5.44. The molecule has 0 atom stereocenters. The second kappa shape index (κ2) is 7.12. The molecule has 6 aromatic rings. The zero-order valence-electron chi connectivity index (χ0n) is 17.8. The number of benzene rings is 3. The summed E-state index contributed by atoms with van der Waals surface area (Å²) in [5.41, 5.74) is 10.6. The number of nitrogens with zero attached hydrogens (tertiary/aromatic N) is 3. The van der Waals surface area contributed by atoms with Gasteiger partial charge in [0.1, 0.15) is 5.69 Å². The number of hydrogen-bond donors (Lipinski definition) is 3. The van der Waals surface area contributed by atoms with Gasteiger partial charge < -0.3 is 10.3 Å². The molecule has 4 heterocycles. The number of fused-ring (bicyclic) bond motifs is 9. The third kappa shape index (κ3) is 3.03. The standard InChI is InChI=1S/C27H20N6/c1-3-16-9-19(4-1)21-5-2-6-24-25(21)31-27(30-24)26-22-11-18(7-8-23(22)32-33-26)20-10-17(13-28-12-16)14-29-15-20/h1-11,14-15,28H,12-13H2,(H,30,31)(H,32,33). The molecule has 0 amide bonds. The lowest BCUT2D eigenvalue weighted by molar-refractivity contribution is 0.692. The van der Waals surface area contributed by atoms with Gasteiger partial charge in [-0.15, -0.1) is 0 Å².